The quantitative estimate of drug-likeness (QED) is 0.485. The van der Waals surface area contributed by atoms with E-state index in [9.17, 15) is 13.2 Å². The molecule has 0 aliphatic rings. The Kier molecular flexibility index (Phi) is 6.68. The predicted molar refractivity (Wildman–Crippen MR) is 90.0 cm³/mol. The largest absolute Gasteiger partial charge is 0.434 e. The average molecular weight is 353 g/mol. The Morgan fingerprint density at radius 1 is 1.21 bits per heavy atom. The number of nitrogens with zero attached hydrogens (tertiary/aromatic N) is 2. The summed E-state index contributed by atoms with van der Waals surface area (Å²) in [5, 5.41) is 7.63. The van der Waals surface area contributed by atoms with Crippen molar-refractivity contribution in [2.24, 2.45) is 15.9 Å². The highest BCUT2D eigenvalue weighted by Gasteiger charge is 2.09. The van der Waals surface area contributed by atoms with Crippen LogP contribution in [0.2, 0.25) is 0 Å². The molecule has 0 spiro atoms. The highest BCUT2D eigenvalue weighted by molar-refractivity contribution is 8.13. The molecule has 0 aliphatic heterocycles. The zero-order valence-corrected chi connectivity index (χ0v) is 13.2. The van der Waals surface area contributed by atoms with E-state index in [0.717, 1.165) is 30.0 Å². The number of ether oxygens (including phenoxy) is 1. The van der Waals surface area contributed by atoms with Gasteiger partial charge in [0.2, 0.25) is 0 Å². The topological polar surface area (TPSA) is 60.0 Å². The second-order valence-corrected chi connectivity index (χ2v) is 5.51. The lowest BCUT2D eigenvalue weighted by Crippen LogP contribution is -2.06. The van der Waals surface area contributed by atoms with Gasteiger partial charge in [-0.1, -0.05) is 42.1 Å². The predicted octanol–water partition coefficient (Wildman–Crippen LogP) is 4.01. The lowest BCUT2D eigenvalue weighted by atomic mass is 10.2. The van der Waals surface area contributed by atoms with Gasteiger partial charge in [0.25, 0.3) is 0 Å². The van der Waals surface area contributed by atoms with Crippen molar-refractivity contribution < 1.29 is 17.9 Å². The molecule has 2 aromatic carbocycles. The van der Waals surface area contributed by atoms with Gasteiger partial charge in [0.15, 0.2) is 5.17 Å². The molecule has 0 saturated carbocycles. The van der Waals surface area contributed by atoms with Crippen molar-refractivity contribution >= 4 is 23.1 Å². The summed E-state index contributed by atoms with van der Waals surface area (Å²) in [5.41, 5.74) is 6.82. The number of amidine groups is 1. The van der Waals surface area contributed by atoms with E-state index in [1.165, 1.54) is 11.8 Å². The van der Waals surface area contributed by atoms with Gasteiger partial charge < -0.3 is 10.5 Å². The Balaban J connectivity index is 2.00. The Morgan fingerprint density at radius 2 is 1.96 bits per heavy atom. The summed E-state index contributed by atoms with van der Waals surface area (Å²) in [4.78, 5) is 0. The first-order valence-corrected chi connectivity index (χ1v) is 7.81. The van der Waals surface area contributed by atoms with Crippen LogP contribution in [0.25, 0.3) is 0 Å². The van der Waals surface area contributed by atoms with Gasteiger partial charge in [-0.2, -0.15) is 13.9 Å². The molecule has 0 saturated heterocycles. The van der Waals surface area contributed by atoms with Gasteiger partial charge in [0, 0.05) is 11.3 Å². The minimum Gasteiger partial charge on any atom is -0.434 e. The summed E-state index contributed by atoms with van der Waals surface area (Å²) in [5.74, 6) is -0.180. The van der Waals surface area contributed by atoms with Crippen LogP contribution in [0.4, 0.5) is 13.2 Å². The Morgan fingerprint density at radius 3 is 2.67 bits per heavy atom. The summed E-state index contributed by atoms with van der Waals surface area (Å²) < 4.78 is 42.1. The molecular formula is C16H14F3N3OS. The van der Waals surface area contributed by atoms with E-state index >= 15 is 0 Å². The molecule has 0 aromatic heterocycles. The van der Waals surface area contributed by atoms with Crippen LogP contribution in [0.3, 0.4) is 0 Å². The molecular weight excluding hydrogens is 339 g/mol. The lowest BCUT2D eigenvalue weighted by Gasteiger charge is -2.07. The van der Waals surface area contributed by atoms with E-state index < -0.39 is 12.4 Å². The van der Waals surface area contributed by atoms with Crippen molar-refractivity contribution in [2.45, 2.75) is 12.4 Å². The van der Waals surface area contributed by atoms with E-state index in [4.69, 9.17) is 5.73 Å². The van der Waals surface area contributed by atoms with Crippen LogP contribution < -0.4 is 10.5 Å². The van der Waals surface area contributed by atoms with Crippen LogP contribution in [0, 0.1) is 5.82 Å². The third-order valence-corrected chi connectivity index (χ3v) is 3.63. The first-order valence-electron chi connectivity index (χ1n) is 6.82. The van der Waals surface area contributed by atoms with Gasteiger partial charge >= 0.3 is 6.61 Å². The van der Waals surface area contributed by atoms with Crippen molar-refractivity contribution in [3.05, 3.63) is 65.5 Å². The Labute approximate surface area is 141 Å². The summed E-state index contributed by atoms with van der Waals surface area (Å²) in [7, 11) is 0. The van der Waals surface area contributed by atoms with E-state index in [1.54, 1.807) is 0 Å². The molecule has 0 bridgehead atoms. The van der Waals surface area contributed by atoms with Crippen LogP contribution in [0.5, 0.6) is 5.75 Å². The van der Waals surface area contributed by atoms with Crippen molar-refractivity contribution in [1.29, 1.82) is 0 Å². The fraction of sp³-hybridized carbons (Fsp3) is 0.125. The van der Waals surface area contributed by atoms with Gasteiger partial charge in [-0.15, -0.1) is 5.10 Å². The van der Waals surface area contributed by atoms with Crippen LogP contribution in [-0.2, 0) is 5.75 Å². The van der Waals surface area contributed by atoms with Crippen LogP contribution >= 0.6 is 11.8 Å². The van der Waals surface area contributed by atoms with Crippen molar-refractivity contribution in [1.82, 2.24) is 0 Å². The Hall–Kier alpha value is -2.48. The average Bonchev–Trinajstić information content (AvgIpc) is 2.56. The number of halogens is 3. The molecule has 0 aliphatic carbocycles. The van der Waals surface area contributed by atoms with Gasteiger partial charge in [0.05, 0.1) is 6.21 Å². The maximum absolute atomic E-state index is 13.2. The molecule has 126 valence electrons. The zero-order chi connectivity index (χ0) is 17.4. The summed E-state index contributed by atoms with van der Waals surface area (Å²) >= 11 is 1.27. The first-order chi connectivity index (χ1) is 11.5. The minimum absolute atomic E-state index is 0.0416. The van der Waals surface area contributed by atoms with Crippen LogP contribution in [0.15, 0.2) is 58.7 Å². The molecule has 8 heteroatoms. The number of rotatable bonds is 6. The minimum atomic E-state index is -3.02. The van der Waals surface area contributed by atoms with Gasteiger partial charge in [-0.3, -0.25) is 0 Å². The molecule has 2 rings (SSSR count). The summed E-state index contributed by atoms with van der Waals surface area (Å²) in [6.45, 7) is -3.02. The second-order valence-electron chi connectivity index (χ2n) is 4.52. The van der Waals surface area contributed by atoms with Gasteiger partial charge in [0.1, 0.15) is 11.6 Å². The molecule has 0 fully saturated rings. The highest BCUT2D eigenvalue weighted by atomic mass is 32.2. The molecule has 24 heavy (non-hydrogen) atoms. The van der Waals surface area contributed by atoms with E-state index in [2.05, 4.69) is 14.9 Å². The fourth-order valence-corrected chi connectivity index (χ4v) is 2.34. The molecule has 0 heterocycles. The number of benzene rings is 2. The van der Waals surface area contributed by atoms with E-state index in [-0.39, 0.29) is 16.5 Å². The smallest absolute Gasteiger partial charge is 0.387 e. The molecule has 0 radical (unpaired) electrons. The number of thioether (sulfide) groups is 1. The number of hydrogen-bond donors (Lipinski definition) is 1. The lowest BCUT2D eigenvalue weighted by molar-refractivity contribution is -0.0499. The van der Waals surface area contributed by atoms with Crippen molar-refractivity contribution in [2.75, 3.05) is 0 Å². The number of nitrogens with two attached hydrogens (primary N) is 1. The monoisotopic (exact) mass is 353 g/mol. The maximum atomic E-state index is 13.2. The maximum Gasteiger partial charge on any atom is 0.387 e. The highest BCUT2D eigenvalue weighted by Crippen LogP contribution is 2.20. The first kappa shape index (κ1) is 17.9. The second kappa shape index (κ2) is 8.97. The normalized spacial score (nSPS) is 12.1. The third-order valence-electron chi connectivity index (χ3n) is 2.77. The molecule has 2 aromatic rings. The SMILES string of the molecule is NC(=NN=Cc1cc(F)ccc1OC(F)F)SCc1ccccc1. The van der Waals surface area contributed by atoms with Crippen LogP contribution in [0.1, 0.15) is 11.1 Å². The molecule has 4 nitrogen and oxygen atoms in total. The molecule has 0 atom stereocenters. The van der Waals surface area contributed by atoms with Crippen LogP contribution in [-0.4, -0.2) is 18.0 Å². The molecule has 0 amide bonds. The zero-order valence-electron chi connectivity index (χ0n) is 12.4. The number of hydrogen-bond acceptors (Lipinski definition) is 4. The van der Waals surface area contributed by atoms with E-state index in [1.807, 2.05) is 30.3 Å². The Bertz CT molecular complexity index is 724. The van der Waals surface area contributed by atoms with Crippen molar-refractivity contribution in [3.63, 3.8) is 0 Å². The standard InChI is InChI=1S/C16H14F3N3OS/c17-13-6-7-14(23-15(18)19)12(8-13)9-21-22-16(20)24-10-11-4-2-1-3-5-11/h1-9,15H,10H2,(H2,20,22). The van der Waals surface area contributed by atoms with Crippen molar-refractivity contribution in [3.8, 4) is 5.75 Å². The molecule has 2 N–H and O–H groups in total. The summed E-state index contributed by atoms with van der Waals surface area (Å²) in [6.07, 6.45) is 1.11. The van der Waals surface area contributed by atoms with E-state index in [0.29, 0.717) is 5.75 Å². The van der Waals surface area contributed by atoms with Gasteiger partial charge in [-0.25, -0.2) is 4.39 Å². The molecule has 0 unspecified atom stereocenters. The number of alkyl halides is 2. The third kappa shape index (κ3) is 5.96. The van der Waals surface area contributed by atoms with Gasteiger partial charge in [-0.05, 0) is 23.8 Å². The fourth-order valence-electron chi connectivity index (χ4n) is 1.73. The summed E-state index contributed by atoms with van der Waals surface area (Å²) in [6, 6.07) is 12.8.